The summed E-state index contributed by atoms with van der Waals surface area (Å²) in [7, 11) is -3.00. The van der Waals surface area contributed by atoms with Crippen molar-refractivity contribution < 1.29 is 13.3 Å². The molecule has 1 fully saturated rings. The molecule has 0 spiro atoms. The summed E-state index contributed by atoms with van der Waals surface area (Å²) < 4.78 is 25.1. The highest BCUT2D eigenvalue weighted by Crippen LogP contribution is 2.02. The van der Waals surface area contributed by atoms with Crippen LogP contribution in [0.3, 0.4) is 0 Å². The Kier molecular flexibility index (Phi) is 4.37. The van der Waals surface area contributed by atoms with Crippen molar-refractivity contribution in [3.05, 3.63) is 35.9 Å². The van der Waals surface area contributed by atoms with Crippen molar-refractivity contribution >= 4 is 10.0 Å². The predicted octanol–water partition coefficient (Wildman–Crippen LogP) is -0.263. The quantitative estimate of drug-likeness (QED) is 0.818. The summed E-state index contributed by atoms with van der Waals surface area (Å²) in [5, 5.41) is 0. The number of hydrogen-bond donors (Lipinski definition) is 1. The molecule has 1 heterocycles. The smallest absolute Gasteiger partial charge is 0.214 e. The van der Waals surface area contributed by atoms with Gasteiger partial charge in [-0.1, -0.05) is 30.3 Å². The lowest BCUT2D eigenvalue weighted by atomic mass is 10.2. The molecule has 18 heavy (non-hydrogen) atoms. The molecule has 1 N–H and O–H groups in total. The first kappa shape index (κ1) is 13.5. The summed E-state index contributed by atoms with van der Waals surface area (Å²) in [6, 6.07) is 10.4. The molecule has 5 heteroatoms. The van der Waals surface area contributed by atoms with E-state index in [4.69, 9.17) is 0 Å². The number of nitrogens with zero attached hydrogens (tertiary/aromatic N) is 1. The lowest BCUT2D eigenvalue weighted by Crippen LogP contribution is -3.13. The number of quaternary nitrogens is 1. The molecule has 0 aromatic heterocycles. The largest absolute Gasteiger partial charge is 0.329 e. The first-order chi connectivity index (χ1) is 8.62. The van der Waals surface area contributed by atoms with E-state index in [-0.39, 0.29) is 5.75 Å². The average Bonchev–Trinajstić information content (AvgIpc) is 2.40. The van der Waals surface area contributed by atoms with Gasteiger partial charge in [0.1, 0.15) is 6.54 Å². The lowest BCUT2D eigenvalue weighted by molar-refractivity contribution is -0.917. The molecule has 0 bridgehead atoms. The molecule has 1 aliphatic heterocycles. The molecule has 1 saturated heterocycles. The van der Waals surface area contributed by atoms with E-state index >= 15 is 0 Å². The summed E-state index contributed by atoms with van der Waals surface area (Å²) in [5.74, 6) is 0.209. The molecule has 1 aliphatic rings. The molecule has 0 radical (unpaired) electrons. The van der Waals surface area contributed by atoms with Crippen LogP contribution in [-0.2, 0) is 16.6 Å². The second-order valence-corrected chi connectivity index (χ2v) is 6.97. The maximum atomic E-state index is 11.7. The van der Waals surface area contributed by atoms with Gasteiger partial charge in [-0.25, -0.2) is 8.42 Å². The van der Waals surface area contributed by atoms with Crippen LogP contribution in [0.5, 0.6) is 0 Å². The van der Waals surface area contributed by atoms with E-state index in [9.17, 15) is 8.42 Å². The van der Waals surface area contributed by atoms with Gasteiger partial charge in [-0.2, -0.15) is 4.31 Å². The number of rotatable bonds is 4. The third-order valence-electron chi connectivity index (χ3n) is 3.48. The zero-order chi connectivity index (χ0) is 13.0. The standard InChI is InChI=1S/C13H20N2O2S/c1-2-18(16,17)15-10-8-14(9-11-15)12-13-6-4-3-5-7-13/h3-7H,2,8-12H2,1H3/p+1. The SMILES string of the molecule is CCS(=O)(=O)N1CC[NH+](Cc2ccccc2)CC1. The highest BCUT2D eigenvalue weighted by atomic mass is 32.2. The number of sulfonamides is 1. The lowest BCUT2D eigenvalue weighted by Gasteiger charge is -2.31. The normalized spacial score (nSPS) is 18.9. The van der Waals surface area contributed by atoms with Gasteiger partial charge in [0, 0.05) is 5.56 Å². The number of nitrogens with one attached hydrogen (secondary N) is 1. The third-order valence-corrected chi connectivity index (χ3v) is 5.37. The first-order valence-electron chi connectivity index (χ1n) is 6.47. The number of piperazine rings is 1. The van der Waals surface area contributed by atoms with Crippen LogP contribution in [0.15, 0.2) is 30.3 Å². The molecule has 100 valence electrons. The molecular weight excluding hydrogens is 248 g/mol. The van der Waals surface area contributed by atoms with Crippen molar-refractivity contribution in [1.82, 2.24) is 4.31 Å². The van der Waals surface area contributed by atoms with Gasteiger partial charge in [-0.15, -0.1) is 0 Å². The van der Waals surface area contributed by atoms with Gasteiger partial charge >= 0.3 is 0 Å². The molecule has 4 nitrogen and oxygen atoms in total. The van der Waals surface area contributed by atoms with E-state index in [1.54, 1.807) is 11.2 Å². The van der Waals surface area contributed by atoms with Crippen LogP contribution in [0.25, 0.3) is 0 Å². The Balaban J connectivity index is 1.88. The van der Waals surface area contributed by atoms with Crippen LogP contribution >= 0.6 is 0 Å². The van der Waals surface area contributed by atoms with Crippen LogP contribution in [0, 0.1) is 0 Å². The molecular formula is C13H21N2O2S+. The summed E-state index contributed by atoms with van der Waals surface area (Å²) in [6.07, 6.45) is 0. The first-order valence-corrected chi connectivity index (χ1v) is 8.08. The summed E-state index contributed by atoms with van der Waals surface area (Å²) in [6.45, 7) is 5.79. The van der Waals surface area contributed by atoms with Crippen LogP contribution in [0.1, 0.15) is 12.5 Å². The second kappa shape index (κ2) is 5.82. The van der Waals surface area contributed by atoms with Gasteiger partial charge in [0.2, 0.25) is 10.0 Å². The number of hydrogen-bond acceptors (Lipinski definition) is 2. The van der Waals surface area contributed by atoms with E-state index in [2.05, 4.69) is 12.1 Å². The third kappa shape index (κ3) is 3.31. The molecule has 2 rings (SSSR count). The maximum Gasteiger partial charge on any atom is 0.214 e. The van der Waals surface area contributed by atoms with E-state index in [0.29, 0.717) is 13.1 Å². The predicted molar refractivity (Wildman–Crippen MR) is 71.9 cm³/mol. The number of benzene rings is 1. The highest BCUT2D eigenvalue weighted by molar-refractivity contribution is 7.89. The Morgan fingerprint density at radius 2 is 1.78 bits per heavy atom. The zero-order valence-electron chi connectivity index (χ0n) is 10.8. The van der Waals surface area contributed by atoms with Crippen LogP contribution in [-0.4, -0.2) is 44.7 Å². The van der Waals surface area contributed by atoms with E-state index < -0.39 is 10.0 Å². The van der Waals surface area contributed by atoms with Crippen molar-refractivity contribution in [2.24, 2.45) is 0 Å². The Morgan fingerprint density at radius 1 is 1.17 bits per heavy atom. The second-order valence-electron chi connectivity index (χ2n) is 4.71. The molecule has 1 aromatic carbocycles. The Labute approximate surface area is 109 Å². The molecule has 0 amide bonds. The molecule has 1 aromatic rings. The van der Waals surface area contributed by atoms with Crippen molar-refractivity contribution in [3.63, 3.8) is 0 Å². The fourth-order valence-electron chi connectivity index (χ4n) is 2.32. The van der Waals surface area contributed by atoms with Gasteiger partial charge in [-0.05, 0) is 6.92 Å². The average molecular weight is 269 g/mol. The zero-order valence-corrected chi connectivity index (χ0v) is 11.6. The van der Waals surface area contributed by atoms with E-state index in [1.807, 2.05) is 18.2 Å². The topological polar surface area (TPSA) is 41.8 Å². The Morgan fingerprint density at radius 3 is 2.33 bits per heavy atom. The van der Waals surface area contributed by atoms with Gasteiger partial charge in [-0.3, -0.25) is 0 Å². The van der Waals surface area contributed by atoms with Gasteiger partial charge in [0.15, 0.2) is 0 Å². The molecule has 0 unspecified atom stereocenters. The monoisotopic (exact) mass is 269 g/mol. The highest BCUT2D eigenvalue weighted by Gasteiger charge is 2.27. The van der Waals surface area contributed by atoms with Crippen LogP contribution in [0.4, 0.5) is 0 Å². The van der Waals surface area contributed by atoms with Crippen molar-refractivity contribution in [2.45, 2.75) is 13.5 Å². The van der Waals surface area contributed by atoms with Crippen molar-refractivity contribution in [1.29, 1.82) is 0 Å². The van der Waals surface area contributed by atoms with E-state index in [0.717, 1.165) is 19.6 Å². The minimum Gasteiger partial charge on any atom is -0.329 e. The summed E-state index contributed by atoms with van der Waals surface area (Å²) in [4.78, 5) is 1.46. The van der Waals surface area contributed by atoms with Gasteiger partial charge in [0.05, 0.1) is 31.9 Å². The van der Waals surface area contributed by atoms with Gasteiger partial charge < -0.3 is 4.90 Å². The molecule has 0 saturated carbocycles. The van der Waals surface area contributed by atoms with Gasteiger partial charge in [0.25, 0.3) is 0 Å². The summed E-state index contributed by atoms with van der Waals surface area (Å²) >= 11 is 0. The fourth-order valence-corrected chi connectivity index (χ4v) is 3.43. The Hall–Kier alpha value is -0.910. The van der Waals surface area contributed by atoms with Crippen molar-refractivity contribution in [3.8, 4) is 0 Å². The van der Waals surface area contributed by atoms with Crippen LogP contribution in [0.2, 0.25) is 0 Å². The van der Waals surface area contributed by atoms with Crippen LogP contribution < -0.4 is 4.90 Å². The van der Waals surface area contributed by atoms with E-state index in [1.165, 1.54) is 10.5 Å². The molecule has 0 aliphatic carbocycles. The minimum atomic E-state index is -3.00. The minimum absolute atomic E-state index is 0.209. The maximum absolute atomic E-state index is 11.7. The van der Waals surface area contributed by atoms with Crippen molar-refractivity contribution in [2.75, 3.05) is 31.9 Å². The molecule has 0 atom stereocenters. The Bertz CT molecular complexity index is 465. The fraction of sp³-hybridized carbons (Fsp3) is 0.538. The summed E-state index contributed by atoms with van der Waals surface area (Å²) in [5.41, 5.74) is 1.32.